The number of nitrogens with two attached hydrogens (primary N) is 1. The lowest BCUT2D eigenvalue weighted by molar-refractivity contribution is 0.304. The summed E-state index contributed by atoms with van der Waals surface area (Å²) in [5.41, 5.74) is 9.99. The van der Waals surface area contributed by atoms with Crippen molar-refractivity contribution in [2.24, 2.45) is 5.73 Å². The van der Waals surface area contributed by atoms with Crippen molar-refractivity contribution in [2.45, 2.75) is 20.5 Å². The molecule has 25 heavy (non-hydrogen) atoms. The van der Waals surface area contributed by atoms with E-state index in [0.717, 1.165) is 33.8 Å². The number of nitriles is 1. The molecule has 2 aromatic carbocycles. The average Bonchev–Trinajstić information content (AvgIpc) is 2.60. The van der Waals surface area contributed by atoms with Crippen molar-refractivity contribution in [3.8, 4) is 17.6 Å². The predicted molar refractivity (Wildman–Crippen MR) is 104 cm³/mol. The van der Waals surface area contributed by atoms with E-state index >= 15 is 0 Å². The third-order valence-electron chi connectivity index (χ3n) is 3.86. The summed E-state index contributed by atoms with van der Waals surface area (Å²) >= 11 is 4.90. The Hall–Kier alpha value is -2.84. The first kappa shape index (κ1) is 18.5. The van der Waals surface area contributed by atoms with Crippen LogP contribution in [-0.4, -0.2) is 12.1 Å². The molecular weight excluding hydrogens is 332 g/mol. The number of hydrogen-bond donors (Lipinski definition) is 1. The second-order valence-corrected chi connectivity index (χ2v) is 6.07. The highest BCUT2D eigenvalue weighted by Crippen LogP contribution is 2.22. The average molecular weight is 352 g/mol. The maximum atomic E-state index is 9.15. The van der Waals surface area contributed by atoms with Gasteiger partial charge in [0.15, 0.2) is 0 Å². The predicted octanol–water partition coefficient (Wildman–Crippen LogP) is 4.08. The molecule has 0 spiro atoms. The lowest BCUT2D eigenvalue weighted by Gasteiger charge is -2.12. The molecule has 0 aliphatic rings. The standard InChI is InChI=1S/C20H20N2O2S/c1-13-8-14(2)17(10-15(13)9-16(11-21)20(22)25)12-24-19-6-4-18(23-3)5-7-19/h4-10H,12H2,1-3H3,(H2,22,25)/b16-9+. The summed E-state index contributed by atoms with van der Waals surface area (Å²) in [5, 5.41) is 9.15. The number of ether oxygens (including phenoxy) is 2. The molecule has 2 N–H and O–H groups in total. The summed E-state index contributed by atoms with van der Waals surface area (Å²) in [5.74, 6) is 1.55. The van der Waals surface area contributed by atoms with Crippen LogP contribution in [0.4, 0.5) is 0 Å². The van der Waals surface area contributed by atoms with E-state index in [4.69, 9.17) is 32.7 Å². The monoisotopic (exact) mass is 352 g/mol. The molecular formula is C20H20N2O2S. The van der Waals surface area contributed by atoms with E-state index in [0.29, 0.717) is 12.2 Å². The molecule has 2 aromatic rings. The van der Waals surface area contributed by atoms with Gasteiger partial charge >= 0.3 is 0 Å². The molecule has 0 amide bonds. The van der Waals surface area contributed by atoms with Gasteiger partial charge in [0.25, 0.3) is 0 Å². The molecule has 128 valence electrons. The number of nitrogens with zero attached hydrogens (tertiary/aromatic N) is 1. The van der Waals surface area contributed by atoms with Crippen LogP contribution in [0.2, 0.25) is 0 Å². The molecule has 0 radical (unpaired) electrons. The molecule has 0 saturated heterocycles. The van der Waals surface area contributed by atoms with E-state index in [1.165, 1.54) is 0 Å². The van der Waals surface area contributed by atoms with Crippen LogP contribution in [0.5, 0.6) is 11.5 Å². The number of benzene rings is 2. The fraction of sp³-hybridized carbons (Fsp3) is 0.200. The van der Waals surface area contributed by atoms with Gasteiger partial charge in [0.2, 0.25) is 0 Å². The Bertz CT molecular complexity index is 849. The largest absolute Gasteiger partial charge is 0.497 e. The van der Waals surface area contributed by atoms with Crippen LogP contribution < -0.4 is 15.2 Å². The van der Waals surface area contributed by atoms with Gasteiger partial charge in [0.05, 0.1) is 12.7 Å². The van der Waals surface area contributed by atoms with Crippen LogP contribution in [-0.2, 0) is 6.61 Å². The number of rotatable bonds is 6. The van der Waals surface area contributed by atoms with Crippen molar-refractivity contribution in [3.05, 3.63) is 64.2 Å². The Morgan fingerprint density at radius 1 is 1.16 bits per heavy atom. The second kappa shape index (κ2) is 8.32. The SMILES string of the molecule is COc1ccc(OCc2cc(/C=C(\C#N)C(N)=S)c(C)cc2C)cc1. The summed E-state index contributed by atoms with van der Waals surface area (Å²) < 4.78 is 11.0. The Morgan fingerprint density at radius 3 is 2.36 bits per heavy atom. The van der Waals surface area contributed by atoms with Crippen LogP contribution in [0.1, 0.15) is 22.3 Å². The van der Waals surface area contributed by atoms with Gasteiger partial charge in [-0.25, -0.2) is 0 Å². The maximum absolute atomic E-state index is 9.15. The minimum Gasteiger partial charge on any atom is -0.497 e. The summed E-state index contributed by atoms with van der Waals surface area (Å²) in [7, 11) is 1.63. The fourth-order valence-electron chi connectivity index (χ4n) is 2.37. The zero-order valence-electron chi connectivity index (χ0n) is 14.5. The first-order chi connectivity index (χ1) is 11.9. The van der Waals surface area contributed by atoms with Crippen LogP contribution in [0, 0.1) is 25.2 Å². The number of hydrogen-bond acceptors (Lipinski definition) is 4. The molecule has 0 aliphatic carbocycles. The number of thiocarbonyl (C=S) groups is 1. The molecule has 0 aliphatic heterocycles. The summed E-state index contributed by atoms with van der Waals surface area (Å²) in [6.45, 7) is 4.45. The smallest absolute Gasteiger partial charge is 0.120 e. The highest BCUT2D eigenvalue weighted by molar-refractivity contribution is 7.80. The topological polar surface area (TPSA) is 68.3 Å². The lowest BCUT2D eigenvalue weighted by atomic mass is 9.98. The highest BCUT2D eigenvalue weighted by Gasteiger charge is 2.07. The Balaban J connectivity index is 2.24. The van der Waals surface area contributed by atoms with Crippen molar-refractivity contribution in [1.82, 2.24) is 0 Å². The molecule has 0 atom stereocenters. The Kier molecular flexibility index (Phi) is 6.15. The van der Waals surface area contributed by atoms with Crippen molar-refractivity contribution in [3.63, 3.8) is 0 Å². The van der Waals surface area contributed by atoms with Gasteiger partial charge in [0.1, 0.15) is 29.2 Å². The van der Waals surface area contributed by atoms with Gasteiger partial charge in [0, 0.05) is 0 Å². The molecule has 0 unspecified atom stereocenters. The van der Waals surface area contributed by atoms with Crippen LogP contribution in [0.25, 0.3) is 6.08 Å². The van der Waals surface area contributed by atoms with E-state index in [2.05, 4.69) is 6.07 Å². The fourth-order valence-corrected chi connectivity index (χ4v) is 2.48. The third-order valence-corrected chi connectivity index (χ3v) is 4.08. The molecule has 0 aromatic heterocycles. The summed E-state index contributed by atoms with van der Waals surface area (Å²) in [6.07, 6.45) is 1.72. The van der Waals surface area contributed by atoms with Crippen molar-refractivity contribution >= 4 is 23.3 Å². The first-order valence-electron chi connectivity index (χ1n) is 7.73. The minimum absolute atomic E-state index is 0.0958. The molecule has 5 heteroatoms. The zero-order chi connectivity index (χ0) is 18.4. The van der Waals surface area contributed by atoms with Gasteiger partial charge < -0.3 is 15.2 Å². The van der Waals surface area contributed by atoms with Gasteiger partial charge in [-0.3, -0.25) is 0 Å². The van der Waals surface area contributed by atoms with Gasteiger partial charge in [-0.1, -0.05) is 18.3 Å². The second-order valence-electron chi connectivity index (χ2n) is 5.63. The van der Waals surface area contributed by atoms with Crippen LogP contribution >= 0.6 is 12.2 Å². The van der Waals surface area contributed by atoms with E-state index in [-0.39, 0.29) is 4.99 Å². The molecule has 4 nitrogen and oxygen atoms in total. The van der Waals surface area contributed by atoms with Crippen molar-refractivity contribution in [2.75, 3.05) is 7.11 Å². The normalized spacial score (nSPS) is 10.9. The first-order valence-corrected chi connectivity index (χ1v) is 8.14. The van der Waals surface area contributed by atoms with E-state index < -0.39 is 0 Å². The molecule has 2 rings (SSSR count). The van der Waals surface area contributed by atoms with Gasteiger partial charge in [-0.05, 0) is 72.5 Å². The van der Waals surface area contributed by atoms with Crippen LogP contribution in [0.15, 0.2) is 42.0 Å². The summed E-state index contributed by atoms with van der Waals surface area (Å²) in [6, 6.07) is 13.5. The quantitative estimate of drug-likeness (QED) is 0.482. The van der Waals surface area contributed by atoms with Gasteiger partial charge in [-0.2, -0.15) is 5.26 Å². The van der Waals surface area contributed by atoms with Crippen LogP contribution in [0.3, 0.4) is 0 Å². The number of aryl methyl sites for hydroxylation is 2. The number of methoxy groups -OCH3 is 1. The van der Waals surface area contributed by atoms with Crippen molar-refractivity contribution < 1.29 is 9.47 Å². The summed E-state index contributed by atoms with van der Waals surface area (Å²) in [4.78, 5) is 0.0958. The van der Waals surface area contributed by atoms with E-state index in [1.807, 2.05) is 50.2 Å². The van der Waals surface area contributed by atoms with Gasteiger partial charge in [-0.15, -0.1) is 0 Å². The Morgan fingerprint density at radius 2 is 1.80 bits per heavy atom. The third kappa shape index (κ3) is 4.82. The lowest BCUT2D eigenvalue weighted by Crippen LogP contribution is -2.10. The zero-order valence-corrected chi connectivity index (χ0v) is 15.3. The molecule has 0 heterocycles. The molecule has 0 fully saturated rings. The molecule has 0 bridgehead atoms. The molecule has 0 saturated carbocycles. The maximum Gasteiger partial charge on any atom is 0.120 e. The minimum atomic E-state index is 0.0958. The van der Waals surface area contributed by atoms with E-state index in [9.17, 15) is 0 Å². The Labute approximate surface area is 153 Å². The highest BCUT2D eigenvalue weighted by atomic mass is 32.1. The van der Waals surface area contributed by atoms with E-state index in [1.54, 1.807) is 13.2 Å². The van der Waals surface area contributed by atoms with Crippen molar-refractivity contribution in [1.29, 1.82) is 5.26 Å².